The summed E-state index contributed by atoms with van der Waals surface area (Å²) in [6, 6.07) is 0. The summed E-state index contributed by atoms with van der Waals surface area (Å²) < 4.78 is 39.5. The Labute approximate surface area is 97.9 Å². The summed E-state index contributed by atoms with van der Waals surface area (Å²) >= 11 is 0. The van der Waals surface area contributed by atoms with Crippen molar-refractivity contribution in [2.24, 2.45) is 5.92 Å². The first-order valence-electron chi connectivity index (χ1n) is 5.62. The van der Waals surface area contributed by atoms with Crippen molar-refractivity contribution in [1.82, 2.24) is 10.6 Å². The summed E-state index contributed by atoms with van der Waals surface area (Å²) in [4.78, 5) is 11.5. The van der Waals surface area contributed by atoms with E-state index in [-0.39, 0.29) is 25.0 Å². The first kappa shape index (κ1) is 14.2. The van der Waals surface area contributed by atoms with E-state index in [4.69, 9.17) is 0 Å². The number of piperidine rings is 1. The zero-order valence-corrected chi connectivity index (χ0v) is 9.48. The fraction of sp³-hybridized carbons (Fsp3) is 0.900. The molecule has 100 valence electrons. The van der Waals surface area contributed by atoms with E-state index in [0.717, 1.165) is 19.4 Å². The van der Waals surface area contributed by atoms with Crippen LogP contribution in [0.1, 0.15) is 12.8 Å². The highest BCUT2D eigenvalue weighted by Crippen LogP contribution is 2.14. The Kier molecular flexibility index (Phi) is 5.70. The molecule has 17 heavy (non-hydrogen) atoms. The second-order valence-electron chi connectivity index (χ2n) is 4.00. The highest BCUT2D eigenvalue weighted by molar-refractivity contribution is 5.78. The largest absolute Gasteiger partial charge is 0.411 e. The van der Waals surface area contributed by atoms with E-state index in [0.29, 0.717) is 6.54 Å². The second kappa shape index (κ2) is 6.80. The number of nitrogens with one attached hydrogen (secondary N) is 2. The van der Waals surface area contributed by atoms with Gasteiger partial charge in [0.1, 0.15) is 6.61 Å². The van der Waals surface area contributed by atoms with Crippen molar-refractivity contribution in [3.8, 4) is 0 Å². The first-order valence-corrected chi connectivity index (χ1v) is 5.62. The molecule has 0 aromatic heterocycles. The quantitative estimate of drug-likeness (QED) is 0.709. The van der Waals surface area contributed by atoms with Crippen LogP contribution in [0.2, 0.25) is 0 Å². The van der Waals surface area contributed by atoms with Gasteiger partial charge in [-0.15, -0.1) is 0 Å². The molecule has 1 amide bonds. The van der Waals surface area contributed by atoms with Crippen molar-refractivity contribution in [3.05, 3.63) is 0 Å². The van der Waals surface area contributed by atoms with Gasteiger partial charge in [0, 0.05) is 13.1 Å². The third-order valence-electron chi connectivity index (χ3n) is 2.48. The molecule has 0 aromatic carbocycles. The molecule has 1 fully saturated rings. The number of amides is 1. The normalized spacial score (nSPS) is 21.2. The molecule has 1 saturated heterocycles. The number of hydrogen-bond donors (Lipinski definition) is 2. The average Bonchev–Trinajstić information content (AvgIpc) is 2.28. The van der Waals surface area contributed by atoms with Crippen LogP contribution < -0.4 is 10.6 Å². The minimum Gasteiger partial charge on any atom is -0.370 e. The second-order valence-corrected chi connectivity index (χ2v) is 4.00. The van der Waals surface area contributed by atoms with Crippen LogP contribution >= 0.6 is 0 Å². The monoisotopic (exact) mass is 254 g/mol. The first-order chi connectivity index (χ1) is 7.99. The Balaban J connectivity index is 2.04. The van der Waals surface area contributed by atoms with E-state index >= 15 is 0 Å². The van der Waals surface area contributed by atoms with Crippen molar-refractivity contribution < 1.29 is 22.7 Å². The van der Waals surface area contributed by atoms with Crippen molar-refractivity contribution >= 4 is 5.91 Å². The highest BCUT2D eigenvalue weighted by Gasteiger charge is 2.27. The minimum absolute atomic E-state index is 0.0774. The Morgan fingerprint density at radius 3 is 2.82 bits per heavy atom. The van der Waals surface area contributed by atoms with E-state index in [1.807, 2.05) is 0 Å². The van der Waals surface area contributed by atoms with Crippen LogP contribution in [-0.2, 0) is 9.53 Å². The molecule has 1 atom stereocenters. The van der Waals surface area contributed by atoms with Gasteiger partial charge in [0.15, 0.2) is 0 Å². The molecular weight excluding hydrogens is 237 g/mol. The van der Waals surface area contributed by atoms with Gasteiger partial charge in [-0.3, -0.25) is 4.79 Å². The molecule has 1 aliphatic heterocycles. The van der Waals surface area contributed by atoms with Crippen LogP contribution in [0, 0.1) is 5.92 Å². The van der Waals surface area contributed by atoms with Crippen LogP contribution in [0.4, 0.5) is 13.2 Å². The summed E-state index contributed by atoms with van der Waals surface area (Å²) in [5.74, 6) is -0.195. The molecule has 0 saturated carbocycles. The third-order valence-corrected chi connectivity index (χ3v) is 2.48. The van der Waals surface area contributed by atoms with Crippen molar-refractivity contribution in [2.45, 2.75) is 19.0 Å². The lowest BCUT2D eigenvalue weighted by molar-refractivity contribution is -0.173. The zero-order valence-electron chi connectivity index (χ0n) is 9.48. The third kappa shape index (κ3) is 6.48. The molecule has 1 rings (SSSR count). The molecule has 4 nitrogen and oxygen atoms in total. The Hall–Kier alpha value is -0.820. The van der Waals surface area contributed by atoms with Crippen LogP contribution in [0.3, 0.4) is 0 Å². The molecule has 0 aromatic rings. The number of carbonyl (C=O) groups is 1. The average molecular weight is 254 g/mol. The van der Waals surface area contributed by atoms with Crippen LogP contribution in [0.25, 0.3) is 0 Å². The molecule has 0 bridgehead atoms. The smallest absolute Gasteiger partial charge is 0.370 e. The SMILES string of the molecule is O=C(NCCOCC(F)(F)F)[C@H]1CCCNC1. The van der Waals surface area contributed by atoms with Crippen LogP contribution in [0.5, 0.6) is 0 Å². The molecular formula is C10H17F3N2O2. The zero-order chi connectivity index (χ0) is 12.7. The number of rotatable bonds is 5. The Morgan fingerprint density at radius 2 is 2.24 bits per heavy atom. The summed E-state index contributed by atoms with van der Waals surface area (Å²) in [6.45, 7) is 0.276. The van der Waals surface area contributed by atoms with Gasteiger partial charge in [-0.2, -0.15) is 13.2 Å². The summed E-state index contributed by atoms with van der Waals surface area (Å²) in [7, 11) is 0. The van der Waals surface area contributed by atoms with Gasteiger partial charge in [-0.25, -0.2) is 0 Å². The van der Waals surface area contributed by atoms with Crippen LogP contribution in [0.15, 0.2) is 0 Å². The van der Waals surface area contributed by atoms with Crippen LogP contribution in [-0.4, -0.2) is 44.9 Å². The van der Waals surface area contributed by atoms with Gasteiger partial charge in [0.25, 0.3) is 0 Å². The lowest BCUT2D eigenvalue weighted by Crippen LogP contribution is -2.41. The van der Waals surface area contributed by atoms with E-state index in [1.54, 1.807) is 0 Å². The molecule has 0 spiro atoms. The Morgan fingerprint density at radius 1 is 1.47 bits per heavy atom. The number of carbonyl (C=O) groups excluding carboxylic acids is 1. The number of hydrogen-bond acceptors (Lipinski definition) is 3. The fourth-order valence-corrected chi connectivity index (χ4v) is 1.65. The van der Waals surface area contributed by atoms with E-state index < -0.39 is 12.8 Å². The van der Waals surface area contributed by atoms with Gasteiger partial charge < -0.3 is 15.4 Å². The standard InChI is InChI=1S/C10H17F3N2O2/c11-10(12,13)7-17-5-4-15-9(16)8-2-1-3-14-6-8/h8,14H,1-7H2,(H,15,16)/t8-/m0/s1. The van der Waals surface area contributed by atoms with Crippen molar-refractivity contribution in [2.75, 3.05) is 32.8 Å². The molecule has 0 aliphatic carbocycles. The Bertz CT molecular complexity index is 240. The molecule has 1 heterocycles. The van der Waals surface area contributed by atoms with Gasteiger partial charge in [0.05, 0.1) is 12.5 Å². The van der Waals surface area contributed by atoms with Gasteiger partial charge >= 0.3 is 6.18 Å². The van der Waals surface area contributed by atoms with E-state index in [1.165, 1.54) is 0 Å². The van der Waals surface area contributed by atoms with Gasteiger partial charge in [-0.05, 0) is 19.4 Å². The number of halogens is 3. The molecule has 0 unspecified atom stereocenters. The van der Waals surface area contributed by atoms with Crippen molar-refractivity contribution in [1.29, 1.82) is 0 Å². The molecule has 1 aliphatic rings. The molecule has 7 heteroatoms. The fourth-order valence-electron chi connectivity index (χ4n) is 1.65. The summed E-state index contributed by atoms with van der Waals surface area (Å²) in [6.07, 6.45) is -2.54. The van der Waals surface area contributed by atoms with Crippen molar-refractivity contribution in [3.63, 3.8) is 0 Å². The maximum absolute atomic E-state index is 11.7. The van der Waals surface area contributed by atoms with Gasteiger partial charge in [-0.1, -0.05) is 0 Å². The van der Waals surface area contributed by atoms with Gasteiger partial charge in [0.2, 0.25) is 5.91 Å². The van der Waals surface area contributed by atoms with E-state index in [2.05, 4.69) is 15.4 Å². The predicted octanol–water partition coefficient (Wildman–Crippen LogP) is 0.681. The summed E-state index contributed by atoms with van der Waals surface area (Å²) in [5, 5.41) is 5.66. The number of alkyl halides is 3. The lowest BCUT2D eigenvalue weighted by atomic mass is 9.99. The lowest BCUT2D eigenvalue weighted by Gasteiger charge is -2.21. The molecule has 0 radical (unpaired) electrons. The summed E-state index contributed by atoms with van der Waals surface area (Å²) in [5.41, 5.74) is 0. The predicted molar refractivity (Wildman–Crippen MR) is 55.5 cm³/mol. The minimum atomic E-state index is -4.31. The highest BCUT2D eigenvalue weighted by atomic mass is 19.4. The van der Waals surface area contributed by atoms with E-state index in [9.17, 15) is 18.0 Å². The molecule has 2 N–H and O–H groups in total. The topological polar surface area (TPSA) is 50.4 Å². The number of ether oxygens (including phenoxy) is 1. The maximum atomic E-state index is 11.7. The maximum Gasteiger partial charge on any atom is 0.411 e.